The van der Waals surface area contributed by atoms with Gasteiger partial charge >= 0.3 is 0 Å². The van der Waals surface area contributed by atoms with Gasteiger partial charge in [0, 0.05) is 29.8 Å². The van der Waals surface area contributed by atoms with Gasteiger partial charge in [-0.05, 0) is 12.1 Å². The van der Waals surface area contributed by atoms with Gasteiger partial charge in [-0.25, -0.2) is 0 Å². The fourth-order valence-corrected chi connectivity index (χ4v) is 3.30. The summed E-state index contributed by atoms with van der Waals surface area (Å²) in [6.45, 7) is 0. The molecule has 0 aromatic heterocycles. The summed E-state index contributed by atoms with van der Waals surface area (Å²) in [4.78, 5) is 14.1. The fraction of sp³-hybridized carbons (Fsp3) is 0.250. The standard InChI is InChI=1S/C12H12N2OS/c1-14-10-5-3-2-4-9(10)13-12(15)8-6-16-7-11(8)14/h2-5H,6-7H2,1H3,(H,13,15). The van der Waals surface area contributed by atoms with Crippen molar-refractivity contribution in [2.24, 2.45) is 0 Å². The van der Waals surface area contributed by atoms with Crippen molar-refractivity contribution >= 4 is 29.0 Å². The molecule has 0 spiro atoms. The Morgan fingerprint density at radius 3 is 3.00 bits per heavy atom. The second kappa shape index (κ2) is 3.56. The third kappa shape index (κ3) is 1.33. The summed E-state index contributed by atoms with van der Waals surface area (Å²) >= 11 is 1.79. The first-order chi connectivity index (χ1) is 7.77. The highest BCUT2D eigenvalue weighted by atomic mass is 32.2. The molecule has 0 bridgehead atoms. The minimum absolute atomic E-state index is 0.0526. The Morgan fingerprint density at radius 2 is 2.12 bits per heavy atom. The van der Waals surface area contributed by atoms with Crippen LogP contribution in [-0.4, -0.2) is 24.5 Å². The van der Waals surface area contributed by atoms with Crippen molar-refractivity contribution in [3.05, 3.63) is 35.5 Å². The van der Waals surface area contributed by atoms with Gasteiger partial charge in [0.1, 0.15) is 0 Å². The second-order valence-corrected chi connectivity index (χ2v) is 4.93. The second-order valence-electron chi connectivity index (χ2n) is 3.95. The van der Waals surface area contributed by atoms with Gasteiger partial charge in [0.25, 0.3) is 5.91 Å². The smallest absolute Gasteiger partial charge is 0.254 e. The van der Waals surface area contributed by atoms with Crippen LogP contribution in [0.2, 0.25) is 0 Å². The van der Waals surface area contributed by atoms with Crippen LogP contribution < -0.4 is 10.2 Å². The average Bonchev–Trinajstić information content (AvgIpc) is 2.74. The Hall–Kier alpha value is -1.42. The lowest BCUT2D eigenvalue weighted by Crippen LogP contribution is -2.18. The molecule has 2 heterocycles. The number of anilines is 2. The predicted octanol–water partition coefficient (Wildman–Crippen LogP) is 2.08. The van der Waals surface area contributed by atoms with Gasteiger partial charge in [0.2, 0.25) is 0 Å². The quantitative estimate of drug-likeness (QED) is 0.743. The fourth-order valence-electron chi connectivity index (χ4n) is 2.13. The van der Waals surface area contributed by atoms with Gasteiger partial charge in [-0.15, -0.1) is 0 Å². The van der Waals surface area contributed by atoms with Crippen LogP contribution in [0.25, 0.3) is 0 Å². The molecule has 0 saturated carbocycles. The molecule has 16 heavy (non-hydrogen) atoms. The molecule has 0 atom stereocenters. The first kappa shape index (κ1) is 9.78. The van der Waals surface area contributed by atoms with Gasteiger partial charge in [-0.3, -0.25) is 4.79 Å². The molecule has 3 rings (SSSR count). The number of carbonyl (C=O) groups is 1. The lowest BCUT2D eigenvalue weighted by Gasteiger charge is -2.21. The van der Waals surface area contributed by atoms with Crippen molar-refractivity contribution in [1.82, 2.24) is 0 Å². The van der Waals surface area contributed by atoms with Crippen LogP contribution in [0.15, 0.2) is 35.5 Å². The lowest BCUT2D eigenvalue weighted by molar-refractivity contribution is -0.112. The van der Waals surface area contributed by atoms with E-state index in [-0.39, 0.29) is 5.91 Å². The summed E-state index contributed by atoms with van der Waals surface area (Å²) in [6.07, 6.45) is 0. The number of nitrogens with one attached hydrogen (secondary N) is 1. The van der Waals surface area contributed by atoms with Gasteiger partial charge in [-0.2, -0.15) is 11.8 Å². The summed E-state index contributed by atoms with van der Waals surface area (Å²) in [5, 5.41) is 2.97. The maximum absolute atomic E-state index is 12.0. The van der Waals surface area contributed by atoms with Crippen LogP contribution in [0.1, 0.15) is 0 Å². The Kier molecular flexibility index (Phi) is 2.17. The summed E-state index contributed by atoms with van der Waals surface area (Å²) < 4.78 is 0. The predicted molar refractivity (Wildman–Crippen MR) is 67.8 cm³/mol. The molecular weight excluding hydrogens is 220 g/mol. The van der Waals surface area contributed by atoms with E-state index in [0.29, 0.717) is 0 Å². The third-order valence-corrected chi connectivity index (χ3v) is 4.00. The Morgan fingerprint density at radius 1 is 1.31 bits per heavy atom. The molecule has 4 heteroatoms. The van der Waals surface area contributed by atoms with E-state index in [2.05, 4.69) is 10.2 Å². The number of nitrogens with zero attached hydrogens (tertiary/aromatic N) is 1. The number of benzene rings is 1. The van der Waals surface area contributed by atoms with Crippen molar-refractivity contribution in [2.45, 2.75) is 0 Å². The van der Waals surface area contributed by atoms with Gasteiger partial charge in [0.05, 0.1) is 11.4 Å². The minimum Gasteiger partial charge on any atom is -0.345 e. The molecule has 1 N–H and O–H groups in total. The van der Waals surface area contributed by atoms with E-state index in [9.17, 15) is 4.79 Å². The van der Waals surface area contributed by atoms with E-state index in [1.807, 2.05) is 31.3 Å². The maximum Gasteiger partial charge on any atom is 0.254 e. The number of carbonyl (C=O) groups excluding carboxylic acids is 1. The van der Waals surface area contributed by atoms with Gasteiger partial charge < -0.3 is 10.2 Å². The van der Waals surface area contributed by atoms with E-state index in [4.69, 9.17) is 0 Å². The SMILES string of the molecule is CN1C2=C(CSC2)C(=O)Nc2ccccc21. The number of fused-ring (bicyclic) bond motifs is 1. The largest absolute Gasteiger partial charge is 0.345 e. The maximum atomic E-state index is 12.0. The third-order valence-electron chi connectivity index (χ3n) is 3.03. The molecule has 0 unspecified atom stereocenters. The van der Waals surface area contributed by atoms with Crippen molar-refractivity contribution in [3.63, 3.8) is 0 Å². The average molecular weight is 232 g/mol. The van der Waals surface area contributed by atoms with E-state index in [0.717, 1.165) is 34.2 Å². The molecular formula is C12H12N2OS. The molecule has 2 aliphatic rings. The Bertz CT molecular complexity index is 496. The van der Waals surface area contributed by atoms with Crippen LogP contribution in [0.5, 0.6) is 0 Å². The monoisotopic (exact) mass is 232 g/mol. The van der Waals surface area contributed by atoms with E-state index < -0.39 is 0 Å². The molecule has 2 aliphatic heterocycles. The summed E-state index contributed by atoms with van der Waals surface area (Å²) in [7, 11) is 2.03. The zero-order valence-corrected chi connectivity index (χ0v) is 9.80. The molecule has 1 amide bonds. The van der Waals surface area contributed by atoms with Crippen molar-refractivity contribution in [1.29, 1.82) is 0 Å². The molecule has 1 aromatic rings. The summed E-state index contributed by atoms with van der Waals surface area (Å²) in [5.74, 6) is 1.80. The van der Waals surface area contributed by atoms with E-state index >= 15 is 0 Å². The van der Waals surface area contributed by atoms with Crippen LogP contribution in [0.3, 0.4) is 0 Å². The zero-order valence-electron chi connectivity index (χ0n) is 8.99. The highest BCUT2D eigenvalue weighted by Gasteiger charge is 2.28. The number of hydrogen-bond donors (Lipinski definition) is 1. The normalized spacial score (nSPS) is 19.1. The van der Waals surface area contributed by atoms with E-state index in [1.165, 1.54) is 0 Å². The first-order valence-corrected chi connectivity index (χ1v) is 6.37. The highest BCUT2D eigenvalue weighted by Crippen LogP contribution is 2.36. The van der Waals surface area contributed by atoms with Crippen molar-refractivity contribution in [3.8, 4) is 0 Å². The first-order valence-electron chi connectivity index (χ1n) is 5.21. The molecule has 1 aromatic carbocycles. The molecule has 3 nitrogen and oxygen atoms in total. The van der Waals surface area contributed by atoms with Crippen molar-refractivity contribution in [2.75, 3.05) is 28.8 Å². The number of rotatable bonds is 0. The number of thioether (sulfide) groups is 1. The summed E-state index contributed by atoms with van der Waals surface area (Å²) in [5.41, 5.74) is 4.04. The van der Waals surface area contributed by atoms with E-state index in [1.54, 1.807) is 11.8 Å². The van der Waals surface area contributed by atoms with Gasteiger partial charge in [0.15, 0.2) is 0 Å². The molecule has 0 radical (unpaired) electrons. The van der Waals surface area contributed by atoms with Gasteiger partial charge in [-0.1, -0.05) is 12.1 Å². The Labute approximate surface area is 98.5 Å². The molecule has 0 aliphatic carbocycles. The summed E-state index contributed by atoms with van der Waals surface area (Å²) in [6, 6.07) is 7.92. The number of para-hydroxylation sites is 2. The number of hydrogen-bond acceptors (Lipinski definition) is 3. The molecule has 82 valence electrons. The highest BCUT2D eigenvalue weighted by molar-refractivity contribution is 8.00. The lowest BCUT2D eigenvalue weighted by atomic mass is 10.2. The van der Waals surface area contributed by atoms with Crippen LogP contribution in [0.4, 0.5) is 11.4 Å². The van der Waals surface area contributed by atoms with Crippen LogP contribution in [-0.2, 0) is 4.79 Å². The molecule has 0 saturated heterocycles. The number of amides is 1. The van der Waals surface area contributed by atoms with Crippen LogP contribution in [0, 0.1) is 0 Å². The molecule has 0 fully saturated rings. The van der Waals surface area contributed by atoms with Crippen LogP contribution >= 0.6 is 11.8 Å². The zero-order chi connectivity index (χ0) is 11.1. The van der Waals surface area contributed by atoms with Crippen molar-refractivity contribution < 1.29 is 4.79 Å². The topological polar surface area (TPSA) is 32.3 Å². The Balaban J connectivity index is 2.16. The minimum atomic E-state index is 0.0526.